The fourth-order valence-electron chi connectivity index (χ4n) is 2.58. The zero-order valence-corrected chi connectivity index (χ0v) is 15.7. The predicted octanol–water partition coefficient (Wildman–Crippen LogP) is 3.54. The molecule has 1 aliphatic heterocycles. The highest BCUT2D eigenvalue weighted by Gasteiger charge is 2.21. The molecule has 136 valence electrons. The van der Waals surface area contributed by atoms with Gasteiger partial charge in [-0.15, -0.1) is 11.8 Å². The number of carbonyl (C=O) groups excluding carboxylic acids is 2. The van der Waals surface area contributed by atoms with Crippen molar-refractivity contribution in [1.29, 1.82) is 0 Å². The van der Waals surface area contributed by atoms with Crippen LogP contribution in [-0.4, -0.2) is 48.8 Å². The average Bonchev–Trinajstić information content (AvgIpc) is 2.68. The van der Waals surface area contributed by atoms with Crippen molar-refractivity contribution >= 4 is 40.9 Å². The van der Waals surface area contributed by atoms with E-state index in [1.165, 1.54) is 11.8 Å². The van der Waals surface area contributed by atoms with Crippen molar-refractivity contribution in [2.45, 2.75) is 4.90 Å². The average molecular weight is 391 g/mol. The Hall–Kier alpha value is -2.02. The van der Waals surface area contributed by atoms with E-state index in [9.17, 15) is 9.59 Å². The molecular formula is C19H19ClN2O3S. The Bertz CT molecular complexity index is 777. The van der Waals surface area contributed by atoms with Crippen LogP contribution in [-0.2, 0) is 9.53 Å². The molecule has 1 fully saturated rings. The molecule has 2 amide bonds. The van der Waals surface area contributed by atoms with Crippen LogP contribution in [0.3, 0.4) is 0 Å². The van der Waals surface area contributed by atoms with Crippen molar-refractivity contribution in [1.82, 2.24) is 4.90 Å². The van der Waals surface area contributed by atoms with Crippen LogP contribution >= 0.6 is 23.4 Å². The second kappa shape index (κ2) is 9.07. The summed E-state index contributed by atoms with van der Waals surface area (Å²) in [5.41, 5.74) is 1.03. The lowest BCUT2D eigenvalue weighted by Gasteiger charge is -2.27. The van der Waals surface area contributed by atoms with Crippen molar-refractivity contribution in [3.05, 3.63) is 59.1 Å². The van der Waals surface area contributed by atoms with Crippen LogP contribution in [0.5, 0.6) is 0 Å². The van der Waals surface area contributed by atoms with Crippen LogP contribution in [0.2, 0.25) is 5.02 Å². The zero-order chi connectivity index (χ0) is 18.4. The summed E-state index contributed by atoms with van der Waals surface area (Å²) in [6.45, 7) is 2.21. The maximum Gasteiger partial charge on any atom is 0.256 e. The molecule has 0 aromatic heterocycles. The highest BCUT2D eigenvalue weighted by Crippen LogP contribution is 2.22. The van der Waals surface area contributed by atoms with Gasteiger partial charge in [-0.1, -0.05) is 23.7 Å². The van der Waals surface area contributed by atoms with Crippen LogP contribution in [0, 0.1) is 0 Å². The van der Waals surface area contributed by atoms with E-state index in [4.69, 9.17) is 16.3 Å². The van der Waals surface area contributed by atoms with Gasteiger partial charge in [-0.05, 0) is 36.4 Å². The molecule has 1 heterocycles. The minimum Gasteiger partial charge on any atom is -0.378 e. The number of rotatable bonds is 5. The van der Waals surface area contributed by atoms with Gasteiger partial charge in [-0.2, -0.15) is 0 Å². The smallest absolute Gasteiger partial charge is 0.256 e. The van der Waals surface area contributed by atoms with Gasteiger partial charge in [0.05, 0.1) is 30.2 Å². The summed E-state index contributed by atoms with van der Waals surface area (Å²) in [5, 5.41) is 3.51. The van der Waals surface area contributed by atoms with Gasteiger partial charge in [0.25, 0.3) is 5.91 Å². The van der Waals surface area contributed by atoms with Gasteiger partial charge in [0.15, 0.2) is 0 Å². The lowest BCUT2D eigenvalue weighted by molar-refractivity contribution is -0.113. The lowest BCUT2D eigenvalue weighted by atomic mass is 10.1. The van der Waals surface area contributed by atoms with Gasteiger partial charge in [0.2, 0.25) is 5.91 Å². The number of halogens is 1. The van der Waals surface area contributed by atoms with Crippen LogP contribution in [0.4, 0.5) is 5.69 Å². The van der Waals surface area contributed by atoms with E-state index < -0.39 is 0 Å². The minimum atomic E-state index is -0.160. The maximum absolute atomic E-state index is 12.7. The van der Waals surface area contributed by atoms with E-state index in [2.05, 4.69) is 5.32 Å². The molecule has 1 aliphatic rings. The highest BCUT2D eigenvalue weighted by molar-refractivity contribution is 8.00. The van der Waals surface area contributed by atoms with Crippen molar-refractivity contribution in [3.8, 4) is 0 Å². The molecule has 0 radical (unpaired) electrons. The number of thioether (sulfide) groups is 1. The van der Waals surface area contributed by atoms with Gasteiger partial charge in [0.1, 0.15) is 0 Å². The van der Waals surface area contributed by atoms with E-state index >= 15 is 0 Å². The van der Waals surface area contributed by atoms with E-state index in [1.54, 1.807) is 41.3 Å². The number of morpholine rings is 1. The highest BCUT2D eigenvalue weighted by atomic mass is 35.5. The monoisotopic (exact) mass is 390 g/mol. The molecule has 1 N–H and O–H groups in total. The van der Waals surface area contributed by atoms with Crippen molar-refractivity contribution in [3.63, 3.8) is 0 Å². The van der Waals surface area contributed by atoms with E-state index in [0.29, 0.717) is 42.6 Å². The quantitative estimate of drug-likeness (QED) is 0.793. The summed E-state index contributed by atoms with van der Waals surface area (Å²) in [5.74, 6) is 0.00330. The first-order valence-electron chi connectivity index (χ1n) is 8.28. The summed E-state index contributed by atoms with van der Waals surface area (Å²) in [6.07, 6.45) is 0. The number of ether oxygens (including phenoxy) is 1. The Morgan fingerprint density at radius 2 is 1.77 bits per heavy atom. The number of hydrogen-bond acceptors (Lipinski definition) is 4. The Balaban J connectivity index is 1.62. The largest absolute Gasteiger partial charge is 0.378 e. The molecule has 1 saturated heterocycles. The Kier molecular flexibility index (Phi) is 6.55. The van der Waals surface area contributed by atoms with Gasteiger partial charge < -0.3 is 15.0 Å². The molecule has 2 aromatic carbocycles. The molecule has 0 bridgehead atoms. The Labute approximate surface area is 161 Å². The Morgan fingerprint density at radius 3 is 2.50 bits per heavy atom. The van der Waals surface area contributed by atoms with Gasteiger partial charge in [0, 0.05) is 23.0 Å². The second-order valence-electron chi connectivity index (χ2n) is 5.74. The van der Waals surface area contributed by atoms with Crippen LogP contribution in [0.1, 0.15) is 10.4 Å². The SMILES string of the molecule is O=C(CSc1ccc(Cl)cc1)Nc1ccccc1C(=O)N1CCOCC1. The Morgan fingerprint density at radius 1 is 1.08 bits per heavy atom. The van der Waals surface area contributed by atoms with Crippen LogP contribution < -0.4 is 5.32 Å². The number of benzene rings is 2. The number of hydrogen-bond donors (Lipinski definition) is 1. The molecule has 26 heavy (non-hydrogen) atoms. The van der Waals surface area contributed by atoms with Gasteiger partial charge in [-0.3, -0.25) is 9.59 Å². The first-order valence-corrected chi connectivity index (χ1v) is 9.64. The maximum atomic E-state index is 12.7. The third-order valence-corrected chi connectivity index (χ3v) is 5.18. The number of nitrogens with zero attached hydrogens (tertiary/aromatic N) is 1. The summed E-state index contributed by atoms with van der Waals surface area (Å²) in [6, 6.07) is 14.4. The third kappa shape index (κ3) is 5.00. The van der Waals surface area contributed by atoms with Crippen molar-refractivity contribution < 1.29 is 14.3 Å². The first-order chi connectivity index (χ1) is 12.6. The zero-order valence-electron chi connectivity index (χ0n) is 14.1. The van der Waals surface area contributed by atoms with E-state index in [-0.39, 0.29) is 17.6 Å². The van der Waals surface area contributed by atoms with Crippen molar-refractivity contribution in [2.24, 2.45) is 0 Å². The number of nitrogens with one attached hydrogen (secondary N) is 1. The molecule has 0 atom stereocenters. The number of amides is 2. The molecule has 2 aromatic rings. The number of carbonyl (C=O) groups is 2. The predicted molar refractivity (Wildman–Crippen MR) is 104 cm³/mol. The molecule has 0 unspecified atom stereocenters. The topological polar surface area (TPSA) is 58.6 Å². The molecule has 5 nitrogen and oxygen atoms in total. The van der Waals surface area contributed by atoms with E-state index in [1.807, 2.05) is 12.1 Å². The normalized spacial score (nSPS) is 14.1. The third-order valence-electron chi connectivity index (χ3n) is 3.91. The van der Waals surface area contributed by atoms with Crippen LogP contribution in [0.15, 0.2) is 53.4 Å². The molecule has 0 saturated carbocycles. The van der Waals surface area contributed by atoms with Gasteiger partial charge >= 0.3 is 0 Å². The molecule has 3 rings (SSSR count). The first kappa shape index (κ1) is 18.8. The van der Waals surface area contributed by atoms with Gasteiger partial charge in [-0.25, -0.2) is 0 Å². The summed E-state index contributed by atoms with van der Waals surface area (Å²) in [4.78, 5) is 27.7. The lowest BCUT2D eigenvalue weighted by Crippen LogP contribution is -2.41. The molecule has 0 aliphatic carbocycles. The van der Waals surface area contributed by atoms with E-state index in [0.717, 1.165) is 4.90 Å². The van der Waals surface area contributed by atoms with Crippen molar-refractivity contribution in [2.75, 3.05) is 37.4 Å². The minimum absolute atomic E-state index is 0.0884. The standard InChI is InChI=1S/C19H19ClN2O3S/c20-14-5-7-15(8-6-14)26-13-18(23)21-17-4-2-1-3-16(17)19(24)22-9-11-25-12-10-22/h1-8H,9-13H2,(H,21,23). The number of anilines is 1. The summed E-state index contributed by atoms with van der Waals surface area (Å²) >= 11 is 7.28. The molecule has 7 heteroatoms. The fourth-order valence-corrected chi connectivity index (χ4v) is 3.41. The number of para-hydroxylation sites is 1. The second-order valence-corrected chi connectivity index (χ2v) is 7.23. The molecular weight excluding hydrogens is 372 g/mol. The molecule has 0 spiro atoms. The van der Waals surface area contributed by atoms with Crippen LogP contribution in [0.25, 0.3) is 0 Å². The summed E-state index contributed by atoms with van der Waals surface area (Å²) < 4.78 is 5.29. The fraction of sp³-hybridized carbons (Fsp3) is 0.263. The summed E-state index contributed by atoms with van der Waals surface area (Å²) in [7, 11) is 0.